The molecule has 2 rings (SSSR count). The lowest BCUT2D eigenvalue weighted by Crippen LogP contribution is -2.32. The van der Waals surface area contributed by atoms with Gasteiger partial charge < -0.3 is 10.3 Å². The molecule has 2 aromatic carbocycles. The first-order valence-corrected chi connectivity index (χ1v) is 6.13. The second-order valence-electron chi connectivity index (χ2n) is 4.95. The molecule has 0 bridgehead atoms. The molecule has 0 aromatic heterocycles. The largest absolute Gasteiger partial charge is 0.411 e. The van der Waals surface area contributed by atoms with Crippen molar-refractivity contribution < 1.29 is 10.3 Å². The molecule has 0 atom stereocenters. The van der Waals surface area contributed by atoms with Gasteiger partial charge in [-0.25, -0.2) is 0 Å². The van der Waals surface area contributed by atoms with Gasteiger partial charge in [-0.3, -0.25) is 0 Å². The summed E-state index contributed by atoms with van der Waals surface area (Å²) in [5, 5.41) is 22.2. The molecule has 0 radical (unpaired) electrons. The van der Waals surface area contributed by atoms with Gasteiger partial charge in [-0.15, -0.1) is 0 Å². The number of hydrogen-bond acceptors (Lipinski definition) is 3. The lowest BCUT2D eigenvalue weighted by molar-refractivity contribution is 0.148. The molecule has 3 heteroatoms. The van der Waals surface area contributed by atoms with Crippen LogP contribution in [-0.4, -0.2) is 21.6 Å². The highest BCUT2D eigenvalue weighted by molar-refractivity contribution is 6.05. The Labute approximate surface area is 112 Å². The molecule has 19 heavy (non-hydrogen) atoms. The molecule has 0 amide bonds. The van der Waals surface area contributed by atoms with E-state index in [1.54, 1.807) is 13.8 Å². The number of nitrogens with zero attached hydrogens (tertiary/aromatic N) is 1. The predicted octanol–water partition coefficient (Wildman–Crippen LogP) is 3.30. The van der Waals surface area contributed by atoms with Crippen LogP contribution < -0.4 is 0 Å². The quantitative estimate of drug-likeness (QED) is 0.502. The van der Waals surface area contributed by atoms with Crippen LogP contribution in [0.5, 0.6) is 0 Å². The van der Waals surface area contributed by atoms with Crippen molar-refractivity contribution in [2.75, 3.05) is 0 Å². The van der Waals surface area contributed by atoms with Crippen LogP contribution >= 0.6 is 0 Å². The summed E-state index contributed by atoms with van der Waals surface area (Å²) in [5.41, 5.74) is 1.99. The standard InChI is InChI=1S/C16H17NO2/c1-16(2,18)15(17-19)14-10-8-13(9-11-14)12-6-4-3-5-7-12/h3-11,18-19H,1-2H3. The lowest BCUT2D eigenvalue weighted by atomic mass is 9.94. The second kappa shape index (κ2) is 5.24. The van der Waals surface area contributed by atoms with Crippen LogP contribution in [0.1, 0.15) is 19.4 Å². The van der Waals surface area contributed by atoms with Crippen molar-refractivity contribution >= 4 is 5.71 Å². The summed E-state index contributed by atoms with van der Waals surface area (Å²) in [7, 11) is 0. The van der Waals surface area contributed by atoms with Crippen LogP contribution in [0.25, 0.3) is 11.1 Å². The highest BCUT2D eigenvalue weighted by Gasteiger charge is 2.23. The van der Waals surface area contributed by atoms with Gasteiger partial charge in [-0.05, 0) is 25.0 Å². The van der Waals surface area contributed by atoms with Gasteiger partial charge in [0, 0.05) is 5.56 Å². The fourth-order valence-electron chi connectivity index (χ4n) is 1.98. The van der Waals surface area contributed by atoms with Crippen molar-refractivity contribution in [3.63, 3.8) is 0 Å². The highest BCUT2D eigenvalue weighted by atomic mass is 16.4. The third-order valence-corrected chi connectivity index (χ3v) is 2.94. The predicted molar refractivity (Wildman–Crippen MR) is 76.5 cm³/mol. The average molecular weight is 255 g/mol. The Hall–Kier alpha value is -2.13. The van der Waals surface area contributed by atoms with E-state index < -0.39 is 5.60 Å². The molecule has 0 spiro atoms. The van der Waals surface area contributed by atoms with Gasteiger partial charge >= 0.3 is 0 Å². The van der Waals surface area contributed by atoms with Crippen LogP contribution in [0.15, 0.2) is 59.8 Å². The fraction of sp³-hybridized carbons (Fsp3) is 0.188. The maximum atomic E-state index is 9.93. The number of aliphatic hydroxyl groups is 1. The molecule has 2 aromatic rings. The van der Waals surface area contributed by atoms with Crippen molar-refractivity contribution in [3.05, 3.63) is 60.2 Å². The van der Waals surface area contributed by atoms with E-state index in [-0.39, 0.29) is 5.71 Å². The first-order valence-electron chi connectivity index (χ1n) is 6.13. The van der Waals surface area contributed by atoms with Crippen molar-refractivity contribution in [1.82, 2.24) is 0 Å². The molecule has 0 fully saturated rings. The SMILES string of the molecule is CC(C)(O)C(=NO)c1ccc(-c2ccccc2)cc1. The topological polar surface area (TPSA) is 52.8 Å². The Bertz CT molecular complexity index is 566. The molecule has 0 saturated carbocycles. The van der Waals surface area contributed by atoms with Gasteiger partial charge in [0.1, 0.15) is 11.3 Å². The molecular formula is C16H17NO2. The minimum atomic E-state index is -1.18. The van der Waals surface area contributed by atoms with E-state index in [4.69, 9.17) is 5.21 Å². The zero-order valence-electron chi connectivity index (χ0n) is 11.0. The Balaban J connectivity index is 2.34. The van der Waals surface area contributed by atoms with E-state index in [0.717, 1.165) is 11.1 Å². The zero-order chi connectivity index (χ0) is 13.9. The number of oxime groups is 1. The van der Waals surface area contributed by atoms with Gasteiger partial charge in [0.2, 0.25) is 0 Å². The van der Waals surface area contributed by atoms with E-state index in [1.165, 1.54) is 0 Å². The summed E-state index contributed by atoms with van der Waals surface area (Å²) < 4.78 is 0. The lowest BCUT2D eigenvalue weighted by Gasteiger charge is -2.19. The van der Waals surface area contributed by atoms with Crippen LogP contribution in [-0.2, 0) is 0 Å². The Morgan fingerprint density at radius 2 is 1.42 bits per heavy atom. The molecule has 0 heterocycles. The van der Waals surface area contributed by atoms with Crippen molar-refractivity contribution in [3.8, 4) is 11.1 Å². The van der Waals surface area contributed by atoms with Crippen LogP contribution in [0.2, 0.25) is 0 Å². The highest BCUT2D eigenvalue weighted by Crippen LogP contribution is 2.21. The third-order valence-electron chi connectivity index (χ3n) is 2.94. The van der Waals surface area contributed by atoms with E-state index in [2.05, 4.69) is 5.16 Å². The molecule has 0 aliphatic rings. The van der Waals surface area contributed by atoms with Crippen LogP contribution in [0, 0.1) is 0 Å². The third kappa shape index (κ3) is 3.01. The zero-order valence-corrected chi connectivity index (χ0v) is 11.0. The minimum Gasteiger partial charge on any atom is -0.411 e. The summed E-state index contributed by atoms with van der Waals surface area (Å²) in [4.78, 5) is 0. The first kappa shape index (κ1) is 13.3. The number of hydrogen-bond donors (Lipinski definition) is 2. The minimum absolute atomic E-state index is 0.257. The molecule has 3 nitrogen and oxygen atoms in total. The maximum Gasteiger partial charge on any atom is 0.118 e. The van der Waals surface area contributed by atoms with Gasteiger partial charge in [0.05, 0.1) is 0 Å². The Kier molecular flexibility index (Phi) is 3.67. The fourth-order valence-corrected chi connectivity index (χ4v) is 1.98. The second-order valence-corrected chi connectivity index (χ2v) is 4.95. The van der Waals surface area contributed by atoms with Crippen molar-refractivity contribution in [2.24, 2.45) is 5.16 Å². The van der Waals surface area contributed by atoms with Crippen molar-refractivity contribution in [1.29, 1.82) is 0 Å². The van der Waals surface area contributed by atoms with Gasteiger partial charge in [-0.2, -0.15) is 0 Å². The van der Waals surface area contributed by atoms with Crippen LogP contribution in [0.3, 0.4) is 0 Å². The smallest absolute Gasteiger partial charge is 0.118 e. The van der Waals surface area contributed by atoms with Crippen LogP contribution in [0.4, 0.5) is 0 Å². The van der Waals surface area contributed by atoms with Gasteiger partial charge in [0.15, 0.2) is 0 Å². The molecule has 0 saturated heterocycles. The number of rotatable bonds is 3. The Morgan fingerprint density at radius 1 is 0.895 bits per heavy atom. The summed E-state index contributed by atoms with van der Waals surface area (Å²) in [5.74, 6) is 0. The molecule has 0 aliphatic carbocycles. The molecule has 2 N–H and O–H groups in total. The van der Waals surface area contributed by atoms with Crippen molar-refractivity contribution in [2.45, 2.75) is 19.4 Å². The van der Waals surface area contributed by atoms with E-state index in [9.17, 15) is 5.11 Å². The van der Waals surface area contributed by atoms with E-state index in [1.807, 2.05) is 54.6 Å². The van der Waals surface area contributed by atoms with Gasteiger partial charge in [-0.1, -0.05) is 59.8 Å². The monoisotopic (exact) mass is 255 g/mol. The summed E-state index contributed by atoms with van der Waals surface area (Å²) in [6.07, 6.45) is 0. The summed E-state index contributed by atoms with van der Waals surface area (Å²) >= 11 is 0. The summed E-state index contributed by atoms with van der Waals surface area (Å²) in [6, 6.07) is 17.6. The number of benzene rings is 2. The summed E-state index contributed by atoms with van der Waals surface area (Å²) in [6.45, 7) is 3.18. The van der Waals surface area contributed by atoms with Gasteiger partial charge in [0.25, 0.3) is 0 Å². The Morgan fingerprint density at radius 3 is 1.89 bits per heavy atom. The first-order chi connectivity index (χ1) is 9.02. The molecular weight excluding hydrogens is 238 g/mol. The average Bonchev–Trinajstić information content (AvgIpc) is 2.40. The maximum absolute atomic E-state index is 9.93. The molecule has 0 aliphatic heterocycles. The normalized spacial score (nSPS) is 12.5. The van der Waals surface area contributed by atoms with E-state index >= 15 is 0 Å². The van der Waals surface area contributed by atoms with E-state index in [0.29, 0.717) is 5.56 Å². The molecule has 98 valence electrons. The molecule has 0 unspecified atom stereocenters.